The Morgan fingerprint density at radius 3 is 2.44 bits per heavy atom. The Morgan fingerprint density at radius 2 is 1.67 bits per heavy atom. The quantitative estimate of drug-likeness (QED) is 0.519. The molecule has 0 bridgehead atoms. The average molecular weight is 401 g/mol. The fourth-order valence-corrected chi connectivity index (χ4v) is 2.93. The van der Waals surface area contributed by atoms with Crippen LogP contribution in [0.5, 0.6) is 0 Å². The number of fused-ring (bicyclic) bond motifs is 1. The van der Waals surface area contributed by atoms with E-state index in [2.05, 4.69) is 15.5 Å². The molecule has 0 atom stereocenters. The van der Waals surface area contributed by atoms with E-state index in [9.17, 15) is 9.18 Å². The number of nitrogens with one attached hydrogen (secondary N) is 1. The van der Waals surface area contributed by atoms with Crippen molar-refractivity contribution in [2.75, 3.05) is 5.32 Å². The van der Waals surface area contributed by atoms with Crippen LogP contribution in [0.15, 0.2) is 60.7 Å². The fourth-order valence-electron chi connectivity index (χ4n) is 2.55. The number of aromatic nitrogens is 3. The van der Waals surface area contributed by atoms with Gasteiger partial charge in [0.05, 0.1) is 16.3 Å². The Hall–Kier alpha value is -2.96. The summed E-state index contributed by atoms with van der Waals surface area (Å²) in [6, 6.07) is 15.7. The van der Waals surface area contributed by atoms with E-state index in [0.717, 1.165) is 0 Å². The van der Waals surface area contributed by atoms with Crippen LogP contribution in [-0.2, 0) is 0 Å². The van der Waals surface area contributed by atoms with Crippen LogP contribution < -0.4 is 5.32 Å². The molecule has 0 saturated carbocycles. The molecule has 1 aromatic heterocycles. The maximum atomic E-state index is 13.1. The summed E-state index contributed by atoms with van der Waals surface area (Å²) in [6.07, 6.45) is 0. The zero-order valence-electron chi connectivity index (χ0n) is 13.7. The molecular weight excluding hydrogens is 390 g/mol. The van der Waals surface area contributed by atoms with Crippen molar-refractivity contribution in [1.82, 2.24) is 15.0 Å². The van der Waals surface area contributed by atoms with Gasteiger partial charge in [0.15, 0.2) is 0 Å². The van der Waals surface area contributed by atoms with Gasteiger partial charge in [-0.25, -0.2) is 4.39 Å². The predicted octanol–water partition coefficient (Wildman–Crippen LogP) is 5.12. The second-order valence-electron chi connectivity index (χ2n) is 5.75. The minimum atomic E-state index is -0.382. The second-order valence-corrected chi connectivity index (χ2v) is 6.59. The van der Waals surface area contributed by atoms with Crippen LogP contribution in [0, 0.1) is 5.82 Å². The SMILES string of the molecule is O=C(Nc1ccc2nn(-c3ccc(F)cc3)nc2c1)c1cc(Cl)ccc1Cl. The first-order valence-corrected chi connectivity index (χ1v) is 8.65. The van der Waals surface area contributed by atoms with Gasteiger partial charge in [-0.05, 0) is 60.7 Å². The van der Waals surface area contributed by atoms with E-state index in [-0.39, 0.29) is 17.3 Å². The molecule has 0 saturated heterocycles. The molecule has 5 nitrogen and oxygen atoms in total. The highest BCUT2D eigenvalue weighted by molar-refractivity contribution is 6.36. The maximum absolute atomic E-state index is 13.1. The molecule has 0 unspecified atom stereocenters. The van der Waals surface area contributed by atoms with E-state index >= 15 is 0 Å². The van der Waals surface area contributed by atoms with Gasteiger partial charge >= 0.3 is 0 Å². The number of nitrogens with zero attached hydrogens (tertiary/aromatic N) is 3. The van der Waals surface area contributed by atoms with Gasteiger partial charge in [-0.1, -0.05) is 23.2 Å². The molecule has 1 amide bonds. The Bertz CT molecular complexity index is 1160. The van der Waals surface area contributed by atoms with E-state index in [1.807, 2.05) is 0 Å². The number of benzene rings is 3. The summed E-state index contributed by atoms with van der Waals surface area (Å²) in [5.41, 5.74) is 2.66. The van der Waals surface area contributed by atoms with Crippen molar-refractivity contribution in [3.05, 3.63) is 82.1 Å². The largest absolute Gasteiger partial charge is 0.322 e. The molecule has 134 valence electrons. The smallest absolute Gasteiger partial charge is 0.257 e. The van der Waals surface area contributed by atoms with E-state index in [1.54, 1.807) is 42.5 Å². The van der Waals surface area contributed by atoms with Crippen molar-refractivity contribution >= 4 is 45.8 Å². The molecule has 0 aliphatic heterocycles. The molecule has 27 heavy (non-hydrogen) atoms. The molecule has 0 aliphatic rings. The van der Waals surface area contributed by atoms with Gasteiger partial charge in [0.2, 0.25) is 0 Å². The van der Waals surface area contributed by atoms with E-state index in [0.29, 0.717) is 32.5 Å². The summed E-state index contributed by atoms with van der Waals surface area (Å²) < 4.78 is 13.1. The van der Waals surface area contributed by atoms with Crippen molar-refractivity contribution in [1.29, 1.82) is 0 Å². The van der Waals surface area contributed by atoms with Crippen molar-refractivity contribution in [2.45, 2.75) is 0 Å². The first kappa shape index (κ1) is 17.5. The van der Waals surface area contributed by atoms with Crippen molar-refractivity contribution in [3.8, 4) is 5.69 Å². The zero-order chi connectivity index (χ0) is 19.0. The molecule has 8 heteroatoms. The number of carbonyl (C=O) groups is 1. The zero-order valence-corrected chi connectivity index (χ0v) is 15.2. The summed E-state index contributed by atoms with van der Waals surface area (Å²) >= 11 is 12.0. The van der Waals surface area contributed by atoms with Gasteiger partial charge < -0.3 is 5.32 Å². The van der Waals surface area contributed by atoms with E-state index in [1.165, 1.54) is 23.0 Å². The monoisotopic (exact) mass is 400 g/mol. The number of hydrogen-bond donors (Lipinski definition) is 1. The Labute approximate surface area is 163 Å². The van der Waals surface area contributed by atoms with Crippen LogP contribution in [-0.4, -0.2) is 20.9 Å². The first-order chi connectivity index (χ1) is 13.0. The number of carbonyl (C=O) groups excluding carboxylic acids is 1. The normalized spacial score (nSPS) is 10.9. The van der Waals surface area contributed by atoms with Crippen molar-refractivity contribution < 1.29 is 9.18 Å². The summed E-state index contributed by atoms with van der Waals surface area (Å²) in [7, 11) is 0. The highest BCUT2D eigenvalue weighted by atomic mass is 35.5. The molecule has 0 aliphatic carbocycles. The average Bonchev–Trinajstić information content (AvgIpc) is 3.07. The lowest BCUT2D eigenvalue weighted by molar-refractivity contribution is 0.102. The lowest BCUT2D eigenvalue weighted by Gasteiger charge is -2.07. The molecule has 3 aromatic carbocycles. The summed E-state index contributed by atoms with van der Waals surface area (Å²) in [5, 5.41) is 12.2. The van der Waals surface area contributed by atoms with Crippen molar-refractivity contribution in [3.63, 3.8) is 0 Å². The lowest BCUT2D eigenvalue weighted by Crippen LogP contribution is -2.12. The minimum Gasteiger partial charge on any atom is -0.322 e. The van der Waals surface area contributed by atoms with Crippen LogP contribution in [0.25, 0.3) is 16.7 Å². The number of amides is 1. The Kier molecular flexibility index (Phi) is 4.51. The molecule has 4 rings (SSSR count). The highest BCUT2D eigenvalue weighted by Crippen LogP contribution is 2.23. The van der Waals surface area contributed by atoms with Crippen LogP contribution in [0.2, 0.25) is 10.0 Å². The van der Waals surface area contributed by atoms with Crippen molar-refractivity contribution in [2.24, 2.45) is 0 Å². The number of rotatable bonds is 3. The summed E-state index contributed by atoms with van der Waals surface area (Å²) in [5.74, 6) is -0.715. The van der Waals surface area contributed by atoms with Gasteiger partial charge in [-0.15, -0.1) is 10.2 Å². The molecule has 4 aromatic rings. The van der Waals surface area contributed by atoms with Gasteiger partial charge in [0.1, 0.15) is 16.9 Å². The summed E-state index contributed by atoms with van der Waals surface area (Å²) in [4.78, 5) is 13.9. The molecule has 0 fully saturated rings. The van der Waals surface area contributed by atoms with Crippen LogP contribution in [0.1, 0.15) is 10.4 Å². The summed E-state index contributed by atoms with van der Waals surface area (Å²) in [6.45, 7) is 0. The van der Waals surface area contributed by atoms with Crippen LogP contribution in [0.3, 0.4) is 0 Å². The van der Waals surface area contributed by atoms with Gasteiger partial charge in [0.25, 0.3) is 5.91 Å². The molecule has 0 spiro atoms. The van der Waals surface area contributed by atoms with Crippen LogP contribution >= 0.6 is 23.2 Å². The number of anilines is 1. The Balaban J connectivity index is 1.62. The van der Waals surface area contributed by atoms with Gasteiger partial charge in [-0.3, -0.25) is 4.79 Å². The fraction of sp³-hybridized carbons (Fsp3) is 0. The second kappa shape index (κ2) is 6.98. The van der Waals surface area contributed by atoms with E-state index < -0.39 is 0 Å². The van der Waals surface area contributed by atoms with Crippen LogP contribution in [0.4, 0.5) is 10.1 Å². The number of halogens is 3. The standard InChI is InChI=1S/C19H11Cl2FN4O/c20-11-1-7-16(21)15(9-11)19(27)23-13-4-8-17-18(10-13)25-26(24-17)14-5-2-12(22)3-6-14/h1-10H,(H,23,27). The predicted molar refractivity (Wildman–Crippen MR) is 103 cm³/mol. The third kappa shape index (κ3) is 3.63. The molecular formula is C19H11Cl2FN4O. The van der Waals surface area contributed by atoms with Gasteiger partial charge in [-0.2, -0.15) is 4.80 Å². The third-order valence-electron chi connectivity index (χ3n) is 3.87. The lowest BCUT2D eigenvalue weighted by atomic mass is 10.2. The third-order valence-corrected chi connectivity index (χ3v) is 4.43. The Morgan fingerprint density at radius 1 is 0.926 bits per heavy atom. The van der Waals surface area contributed by atoms with E-state index in [4.69, 9.17) is 23.2 Å². The molecule has 0 radical (unpaired) electrons. The maximum Gasteiger partial charge on any atom is 0.257 e. The molecule has 1 N–H and O–H groups in total. The first-order valence-electron chi connectivity index (χ1n) is 7.89. The van der Waals surface area contributed by atoms with Gasteiger partial charge in [0, 0.05) is 10.7 Å². The number of hydrogen-bond acceptors (Lipinski definition) is 3. The minimum absolute atomic E-state index is 0.277. The highest BCUT2D eigenvalue weighted by Gasteiger charge is 2.13. The molecule has 1 heterocycles. The topological polar surface area (TPSA) is 59.8 Å².